The monoisotopic (exact) mass is 302 g/mol. The van der Waals surface area contributed by atoms with Gasteiger partial charge in [-0.05, 0) is 27.9 Å². The normalized spacial score (nSPS) is 20.2. The molecule has 0 unspecified atom stereocenters. The zero-order chi connectivity index (χ0) is 16.7. The first-order chi connectivity index (χ1) is 10.1. The molecule has 0 aromatic carbocycles. The van der Waals surface area contributed by atoms with E-state index in [2.05, 4.69) is 48.0 Å². The van der Waals surface area contributed by atoms with Gasteiger partial charge in [0, 0.05) is 58.4 Å². The fourth-order valence-corrected chi connectivity index (χ4v) is 2.11. The number of nitrogens with zero attached hydrogens (tertiary/aromatic N) is 3. The fraction of sp³-hybridized carbons (Fsp3) is 0.867. The van der Waals surface area contributed by atoms with Crippen LogP contribution in [0.5, 0.6) is 0 Å². The van der Waals surface area contributed by atoms with Crippen molar-refractivity contribution in [3.8, 4) is 0 Å². The van der Waals surface area contributed by atoms with Gasteiger partial charge in [0.25, 0.3) is 0 Å². The van der Waals surface area contributed by atoms with E-state index in [1.165, 1.54) is 39.3 Å². The maximum atomic E-state index is 8.00. The molecule has 1 N–H and O–H groups in total. The average molecular weight is 302 g/mol. The van der Waals surface area contributed by atoms with Gasteiger partial charge in [-0.2, -0.15) is 0 Å². The Morgan fingerprint density at radius 2 is 1.14 bits per heavy atom. The van der Waals surface area contributed by atoms with Crippen LogP contribution in [-0.2, 0) is 9.59 Å². The van der Waals surface area contributed by atoms with Gasteiger partial charge in [-0.15, -0.1) is 0 Å². The van der Waals surface area contributed by atoms with Gasteiger partial charge < -0.3 is 24.7 Å². The van der Waals surface area contributed by atoms with Crippen molar-refractivity contribution in [1.82, 2.24) is 20.0 Å². The molecular weight excluding hydrogens is 268 g/mol. The highest BCUT2D eigenvalue weighted by molar-refractivity contribution is 5.11. The lowest BCUT2D eigenvalue weighted by Gasteiger charge is -2.34. The molecule has 0 saturated carbocycles. The molecule has 0 radical (unpaired) electrons. The highest BCUT2D eigenvalue weighted by Crippen LogP contribution is 2.02. The second kappa shape index (κ2) is 15.6. The van der Waals surface area contributed by atoms with E-state index in [1.54, 1.807) is 0 Å². The van der Waals surface area contributed by atoms with Crippen molar-refractivity contribution in [2.45, 2.75) is 19.9 Å². The van der Waals surface area contributed by atoms with Gasteiger partial charge in [0.1, 0.15) is 13.6 Å². The molecule has 2 saturated heterocycles. The molecular formula is C15H34N4O2. The summed E-state index contributed by atoms with van der Waals surface area (Å²) < 4.78 is 0. The van der Waals surface area contributed by atoms with Crippen LogP contribution in [0.2, 0.25) is 0 Å². The Balaban J connectivity index is 0. The minimum absolute atomic E-state index is 0.730. The van der Waals surface area contributed by atoms with Crippen LogP contribution < -0.4 is 5.32 Å². The van der Waals surface area contributed by atoms with Crippen LogP contribution in [0.1, 0.15) is 13.8 Å². The summed E-state index contributed by atoms with van der Waals surface area (Å²) in [6, 6.07) is 0.730. The predicted molar refractivity (Wildman–Crippen MR) is 88.8 cm³/mol. The molecule has 0 spiro atoms. The van der Waals surface area contributed by atoms with E-state index in [0.717, 1.165) is 19.1 Å². The van der Waals surface area contributed by atoms with Gasteiger partial charge in [-0.3, -0.25) is 4.90 Å². The summed E-state index contributed by atoms with van der Waals surface area (Å²) >= 11 is 0. The number of nitrogens with one attached hydrogen (secondary N) is 1. The van der Waals surface area contributed by atoms with Crippen molar-refractivity contribution in [2.75, 3.05) is 66.5 Å². The second-order valence-corrected chi connectivity index (χ2v) is 5.49. The highest BCUT2D eigenvalue weighted by Gasteiger charge is 2.15. The van der Waals surface area contributed by atoms with Gasteiger partial charge in [-0.1, -0.05) is 0 Å². The molecule has 6 heteroatoms. The summed E-state index contributed by atoms with van der Waals surface area (Å²) in [6.07, 6.45) is 0. The molecule has 0 atom stereocenters. The topological polar surface area (TPSA) is 55.9 Å². The SMILES string of the molecule is C=O.C=O.CC(C)N1CCN(C)CC1.CN1CCNCC1. The molecule has 0 amide bonds. The van der Waals surface area contributed by atoms with Crippen LogP contribution in [0.3, 0.4) is 0 Å². The third-order valence-corrected chi connectivity index (χ3v) is 3.61. The van der Waals surface area contributed by atoms with E-state index >= 15 is 0 Å². The predicted octanol–water partition coefficient (Wildman–Crippen LogP) is -0.206. The largest absolute Gasteiger partial charge is 0.314 e. The van der Waals surface area contributed by atoms with Crippen molar-refractivity contribution < 1.29 is 9.59 Å². The van der Waals surface area contributed by atoms with Gasteiger partial charge in [0.05, 0.1) is 0 Å². The number of hydrogen-bond donors (Lipinski definition) is 1. The molecule has 126 valence electrons. The van der Waals surface area contributed by atoms with Gasteiger partial charge in [0.2, 0.25) is 0 Å². The lowest BCUT2D eigenvalue weighted by molar-refractivity contribution is -0.0987. The van der Waals surface area contributed by atoms with Crippen LogP contribution in [0.4, 0.5) is 0 Å². The van der Waals surface area contributed by atoms with Crippen molar-refractivity contribution >= 4 is 13.6 Å². The fourth-order valence-electron chi connectivity index (χ4n) is 2.11. The number of likely N-dealkylation sites (N-methyl/N-ethyl adjacent to an activating group) is 2. The first-order valence-electron chi connectivity index (χ1n) is 7.49. The van der Waals surface area contributed by atoms with E-state index in [-0.39, 0.29) is 0 Å². The second-order valence-electron chi connectivity index (χ2n) is 5.49. The first kappa shape index (κ1) is 22.5. The van der Waals surface area contributed by atoms with Crippen molar-refractivity contribution in [3.05, 3.63) is 0 Å². The number of hydrogen-bond acceptors (Lipinski definition) is 6. The van der Waals surface area contributed by atoms with E-state index in [0.29, 0.717) is 0 Å². The maximum Gasteiger partial charge on any atom is 0.106 e. The molecule has 0 bridgehead atoms. The Morgan fingerprint density at radius 3 is 1.43 bits per heavy atom. The Bertz CT molecular complexity index is 214. The van der Waals surface area contributed by atoms with Gasteiger partial charge in [-0.25, -0.2) is 0 Å². The summed E-state index contributed by atoms with van der Waals surface area (Å²) in [4.78, 5) is 23.2. The van der Waals surface area contributed by atoms with E-state index < -0.39 is 0 Å². The summed E-state index contributed by atoms with van der Waals surface area (Å²) in [5.74, 6) is 0. The smallest absolute Gasteiger partial charge is 0.106 e. The molecule has 21 heavy (non-hydrogen) atoms. The molecule has 2 heterocycles. The lowest BCUT2D eigenvalue weighted by Crippen LogP contribution is -2.47. The molecule has 0 aromatic heterocycles. The van der Waals surface area contributed by atoms with E-state index in [9.17, 15) is 0 Å². The molecule has 0 aliphatic carbocycles. The number of carbonyl (C=O) groups excluding carboxylic acids is 2. The quantitative estimate of drug-likeness (QED) is 0.724. The van der Waals surface area contributed by atoms with Crippen molar-refractivity contribution in [3.63, 3.8) is 0 Å². The van der Waals surface area contributed by atoms with E-state index in [1.807, 2.05) is 13.6 Å². The maximum absolute atomic E-state index is 8.00. The van der Waals surface area contributed by atoms with Crippen LogP contribution in [0.25, 0.3) is 0 Å². The third-order valence-electron chi connectivity index (χ3n) is 3.61. The van der Waals surface area contributed by atoms with Gasteiger partial charge >= 0.3 is 0 Å². The van der Waals surface area contributed by atoms with Crippen LogP contribution in [-0.4, -0.2) is 101 Å². The minimum atomic E-state index is 0.730. The summed E-state index contributed by atoms with van der Waals surface area (Å²) in [7, 11) is 4.35. The molecule has 6 nitrogen and oxygen atoms in total. The van der Waals surface area contributed by atoms with Crippen LogP contribution in [0, 0.1) is 0 Å². The van der Waals surface area contributed by atoms with E-state index in [4.69, 9.17) is 9.59 Å². The van der Waals surface area contributed by atoms with Gasteiger partial charge in [0.15, 0.2) is 0 Å². The summed E-state index contributed by atoms with van der Waals surface area (Å²) in [5, 5.41) is 3.27. The molecule has 2 fully saturated rings. The molecule has 0 aromatic rings. The zero-order valence-electron chi connectivity index (χ0n) is 14.3. The third kappa shape index (κ3) is 12.6. The number of carbonyl (C=O) groups is 2. The zero-order valence-corrected chi connectivity index (χ0v) is 14.3. The Labute approximate surface area is 130 Å². The molecule has 2 rings (SSSR count). The Hall–Kier alpha value is -0.820. The minimum Gasteiger partial charge on any atom is -0.314 e. The summed E-state index contributed by atoms with van der Waals surface area (Å²) in [5.41, 5.74) is 0. The number of rotatable bonds is 1. The number of piperazine rings is 2. The average Bonchev–Trinajstić information content (AvgIpc) is 2.53. The summed E-state index contributed by atoms with van der Waals surface area (Å²) in [6.45, 7) is 18.2. The van der Waals surface area contributed by atoms with Crippen molar-refractivity contribution in [2.24, 2.45) is 0 Å². The van der Waals surface area contributed by atoms with Crippen LogP contribution >= 0.6 is 0 Å². The molecule has 2 aliphatic heterocycles. The first-order valence-corrected chi connectivity index (χ1v) is 7.49. The van der Waals surface area contributed by atoms with Crippen molar-refractivity contribution in [1.29, 1.82) is 0 Å². The lowest BCUT2D eigenvalue weighted by atomic mass is 10.2. The highest BCUT2D eigenvalue weighted by atomic mass is 16.1. The Kier molecular flexibility index (Phi) is 16.6. The molecule has 2 aliphatic rings. The van der Waals surface area contributed by atoms with Crippen LogP contribution in [0.15, 0.2) is 0 Å². The standard InChI is InChI=1S/C8H18N2.C5H12N2.2CH2O/c1-8(2)10-6-4-9(3)5-7-10;1-7-4-2-6-3-5-7;2*1-2/h8H,4-7H2,1-3H3;6H,2-5H2,1H3;2*1H2. The Morgan fingerprint density at radius 1 is 0.762 bits per heavy atom.